The summed E-state index contributed by atoms with van der Waals surface area (Å²) in [6, 6.07) is 6.94. The molecule has 1 saturated heterocycles. The number of ether oxygens (including phenoxy) is 3. The number of piperazine rings is 1. The van der Waals surface area contributed by atoms with Crippen LogP contribution in [0.2, 0.25) is 0 Å². The number of anilines is 2. The smallest absolute Gasteiger partial charge is 0.230 e. The molecular weight excluding hydrogens is 653 g/mol. The fourth-order valence-corrected chi connectivity index (χ4v) is 6.74. The Balaban J connectivity index is 1.21. The second-order valence-corrected chi connectivity index (χ2v) is 12.9. The molecule has 0 radical (unpaired) electrons. The Labute approximate surface area is 284 Å². The number of halogens is 3. The van der Waals surface area contributed by atoms with E-state index in [1.165, 1.54) is 43.4 Å². The molecule has 0 amide bonds. The Bertz CT molecular complexity index is 2230. The van der Waals surface area contributed by atoms with Gasteiger partial charge < -0.3 is 34.7 Å². The average Bonchev–Trinajstić information content (AvgIpc) is 3.93. The lowest BCUT2D eigenvalue weighted by atomic mass is 10.00. The van der Waals surface area contributed by atoms with Crippen LogP contribution in [0.4, 0.5) is 24.5 Å². The van der Waals surface area contributed by atoms with E-state index in [0.29, 0.717) is 48.3 Å². The number of carbonyl (C=O) groups excluding carboxylic acids is 1. The van der Waals surface area contributed by atoms with Crippen molar-refractivity contribution in [1.29, 1.82) is 0 Å². The van der Waals surface area contributed by atoms with Gasteiger partial charge in [-0.3, -0.25) is 9.59 Å². The number of benzene rings is 3. The van der Waals surface area contributed by atoms with Crippen LogP contribution in [0.1, 0.15) is 48.7 Å². The van der Waals surface area contributed by atoms with Crippen molar-refractivity contribution in [2.75, 3.05) is 37.9 Å². The summed E-state index contributed by atoms with van der Waals surface area (Å²) in [5.41, 5.74) is 4.89. The topological polar surface area (TPSA) is 134 Å². The zero-order valence-electron chi connectivity index (χ0n) is 27.9. The standard InChI is InChI=1S/C36H35F3N6O5/c1-17-13-44(14-18(2)43-17)34-30(38)32(40)29-33(31(34)39)45(20-6-7-20)15-22(35(29)47)25(46)10-19-5-8-26(23(37)9-19)50-36-21-11-27(48-3)28(49-4)12-24(21)41-16-42-36/h5,8-9,11-12,15-18,20,43H,6-7,10,13-14,40H2,1-4H3. The molecule has 1 aliphatic carbocycles. The number of hydrogen-bond donors (Lipinski definition) is 2. The molecule has 3 N–H and O–H groups in total. The highest BCUT2D eigenvalue weighted by Gasteiger charge is 2.34. The molecule has 11 nitrogen and oxygen atoms in total. The molecule has 1 aliphatic heterocycles. The summed E-state index contributed by atoms with van der Waals surface area (Å²) in [5.74, 6) is -2.61. The third-order valence-corrected chi connectivity index (χ3v) is 9.15. The molecule has 0 spiro atoms. The number of rotatable bonds is 9. The van der Waals surface area contributed by atoms with Gasteiger partial charge in [-0.15, -0.1) is 0 Å². The maximum absolute atomic E-state index is 16.4. The van der Waals surface area contributed by atoms with E-state index in [4.69, 9.17) is 19.9 Å². The van der Waals surface area contributed by atoms with Crippen LogP contribution in [0, 0.1) is 17.5 Å². The van der Waals surface area contributed by atoms with Gasteiger partial charge in [-0.25, -0.2) is 23.1 Å². The van der Waals surface area contributed by atoms with Crippen molar-refractivity contribution in [3.63, 3.8) is 0 Å². The Morgan fingerprint density at radius 3 is 2.34 bits per heavy atom. The van der Waals surface area contributed by atoms with E-state index in [2.05, 4.69) is 15.3 Å². The number of nitrogens with one attached hydrogen (secondary N) is 1. The maximum Gasteiger partial charge on any atom is 0.230 e. The number of fused-ring (bicyclic) bond motifs is 2. The number of nitrogens with zero attached hydrogens (tertiary/aromatic N) is 4. The zero-order valence-corrected chi connectivity index (χ0v) is 27.9. The van der Waals surface area contributed by atoms with Crippen LogP contribution in [0.25, 0.3) is 21.8 Å². The van der Waals surface area contributed by atoms with Crippen LogP contribution >= 0.6 is 0 Å². The highest BCUT2D eigenvalue weighted by Crippen LogP contribution is 2.42. The highest BCUT2D eigenvalue weighted by atomic mass is 19.1. The van der Waals surface area contributed by atoms with Gasteiger partial charge in [-0.05, 0) is 50.5 Å². The van der Waals surface area contributed by atoms with E-state index in [1.807, 2.05) is 13.8 Å². The van der Waals surface area contributed by atoms with Crippen LogP contribution in [0.15, 0.2) is 47.7 Å². The van der Waals surface area contributed by atoms with Gasteiger partial charge in [0.25, 0.3) is 0 Å². The van der Waals surface area contributed by atoms with Crippen molar-refractivity contribution < 1.29 is 32.2 Å². The third-order valence-electron chi connectivity index (χ3n) is 9.15. The largest absolute Gasteiger partial charge is 0.493 e. The first-order valence-corrected chi connectivity index (χ1v) is 16.2. The number of Topliss-reactive ketones (excluding diaryl/α,β-unsaturated/α-hetero) is 1. The van der Waals surface area contributed by atoms with Crippen LogP contribution in [0.3, 0.4) is 0 Å². The summed E-state index contributed by atoms with van der Waals surface area (Å²) < 4.78 is 65.7. The molecular formula is C36H35F3N6O5. The number of pyridine rings is 1. The number of methoxy groups -OCH3 is 2. The first-order valence-electron chi connectivity index (χ1n) is 16.2. The van der Waals surface area contributed by atoms with Gasteiger partial charge in [0.1, 0.15) is 12.0 Å². The van der Waals surface area contributed by atoms with Crippen molar-refractivity contribution in [3.8, 4) is 23.1 Å². The summed E-state index contributed by atoms with van der Waals surface area (Å²) in [5, 5.41) is 3.41. The lowest BCUT2D eigenvalue weighted by molar-refractivity contribution is 0.0991. The molecule has 5 aromatic rings. The van der Waals surface area contributed by atoms with Crippen LogP contribution in [-0.4, -0.2) is 59.7 Å². The Kier molecular flexibility index (Phi) is 8.50. The minimum atomic E-state index is -1.04. The fraction of sp³-hybridized carbons (Fsp3) is 0.333. The second kappa shape index (κ2) is 12.8. The number of nitrogen functional groups attached to an aromatic ring is 1. The monoisotopic (exact) mass is 688 g/mol. The third kappa shape index (κ3) is 5.82. The molecule has 2 aromatic heterocycles. The van der Waals surface area contributed by atoms with Crippen molar-refractivity contribution in [1.82, 2.24) is 19.9 Å². The van der Waals surface area contributed by atoms with Gasteiger partial charge in [-0.1, -0.05) is 6.07 Å². The molecule has 7 rings (SSSR count). The number of aromatic nitrogens is 3. The van der Waals surface area contributed by atoms with Crippen LogP contribution < -0.4 is 35.6 Å². The molecule has 50 heavy (non-hydrogen) atoms. The van der Waals surface area contributed by atoms with Crippen molar-refractivity contribution >= 4 is 39.0 Å². The summed E-state index contributed by atoms with van der Waals surface area (Å²) in [7, 11) is 2.97. The molecule has 2 atom stereocenters. The first-order chi connectivity index (χ1) is 24.0. The average molecular weight is 689 g/mol. The van der Waals surface area contributed by atoms with E-state index in [0.717, 1.165) is 6.07 Å². The molecule has 2 fully saturated rings. The minimum absolute atomic E-state index is 0.0357. The molecule has 0 bridgehead atoms. The normalized spacial score (nSPS) is 17.7. The predicted molar refractivity (Wildman–Crippen MR) is 182 cm³/mol. The van der Waals surface area contributed by atoms with Gasteiger partial charge in [0, 0.05) is 49.9 Å². The van der Waals surface area contributed by atoms with Crippen LogP contribution in [0.5, 0.6) is 23.1 Å². The van der Waals surface area contributed by atoms with E-state index in [9.17, 15) is 9.59 Å². The zero-order chi connectivity index (χ0) is 35.4. The highest BCUT2D eigenvalue weighted by molar-refractivity contribution is 6.03. The van der Waals surface area contributed by atoms with E-state index >= 15 is 13.2 Å². The summed E-state index contributed by atoms with van der Waals surface area (Å²) in [6.45, 7) is 4.52. The SMILES string of the molecule is COc1cc2ncnc(Oc3ccc(CC(=O)c4cn(C5CC5)c5c(F)c(N6CC(C)NC(C)C6)c(F)c(N)c5c4=O)cc3F)c2cc1OC. The summed E-state index contributed by atoms with van der Waals surface area (Å²) in [6.07, 6.45) is 3.61. The van der Waals surface area contributed by atoms with Gasteiger partial charge in [0.15, 0.2) is 40.5 Å². The summed E-state index contributed by atoms with van der Waals surface area (Å²) >= 11 is 0. The van der Waals surface area contributed by atoms with E-state index in [-0.39, 0.29) is 63.9 Å². The van der Waals surface area contributed by atoms with Crippen molar-refractivity contribution in [2.24, 2.45) is 0 Å². The molecule has 3 heterocycles. The minimum Gasteiger partial charge on any atom is -0.493 e. The fourth-order valence-electron chi connectivity index (χ4n) is 6.74. The van der Waals surface area contributed by atoms with E-state index in [1.54, 1.807) is 17.0 Å². The predicted octanol–water partition coefficient (Wildman–Crippen LogP) is 5.70. The van der Waals surface area contributed by atoms with Crippen molar-refractivity contribution in [3.05, 3.63) is 81.7 Å². The van der Waals surface area contributed by atoms with E-state index < -0.39 is 34.4 Å². The van der Waals surface area contributed by atoms with Crippen molar-refractivity contribution in [2.45, 2.75) is 51.2 Å². The Morgan fingerprint density at radius 1 is 0.980 bits per heavy atom. The maximum atomic E-state index is 16.4. The number of hydrogen-bond acceptors (Lipinski definition) is 10. The quantitative estimate of drug-likeness (QED) is 0.147. The molecule has 2 unspecified atom stereocenters. The number of nitrogens with two attached hydrogens (primary N) is 1. The number of carbonyl (C=O) groups is 1. The van der Waals surface area contributed by atoms with Crippen LogP contribution in [-0.2, 0) is 6.42 Å². The lowest BCUT2D eigenvalue weighted by Gasteiger charge is -2.38. The Hall–Kier alpha value is -5.37. The first kappa shape index (κ1) is 33.1. The molecule has 260 valence electrons. The van der Waals surface area contributed by atoms with Gasteiger partial charge >= 0.3 is 0 Å². The molecule has 3 aromatic carbocycles. The van der Waals surface area contributed by atoms with Gasteiger partial charge in [0.05, 0.1) is 47.3 Å². The summed E-state index contributed by atoms with van der Waals surface area (Å²) in [4.78, 5) is 37.4. The van der Waals surface area contributed by atoms with Gasteiger partial charge in [0.2, 0.25) is 11.3 Å². The van der Waals surface area contributed by atoms with Gasteiger partial charge in [-0.2, -0.15) is 0 Å². The second-order valence-electron chi connectivity index (χ2n) is 12.9. The Morgan fingerprint density at radius 2 is 1.68 bits per heavy atom. The number of ketones is 1. The lowest BCUT2D eigenvalue weighted by Crippen LogP contribution is -2.54. The molecule has 14 heteroatoms. The molecule has 1 saturated carbocycles. The molecule has 2 aliphatic rings.